The summed E-state index contributed by atoms with van der Waals surface area (Å²) < 4.78 is 26.9. The molecule has 20 heavy (non-hydrogen) atoms. The van der Waals surface area contributed by atoms with E-state index in [-0.39, 0.29) is 12.0 Å². The van der Waals surface area contributed by atoms with Gasteiger partial charge in [-0.1, -0.05) is 6.07 Å². The number of aromatic nitrogens is 1. The first-order chi connectivity index (χ1) is 9.43. The third kappa shape index (κ3) is 2.66. The monoisotopic (exact) mass is 277 g/mol. The molecule has 1 N–H and O–H groups in total. The zero-order chi connectivity index (χ0) is 14.8. The van der Waals surface area contributed by atoms with E-state index in [9.17, 15) is 18.7 Å². The van der Waals surface area contributed by atoms with E-state index in [4.69, 9.17) is 0 Å². The Morgan fingerprint density at radius 1 is 1.25 bits per heavy atom. The molecule has 1 aromatic heterocycles. The van der Waals surface area contributed by atoms with Crippen molar-refractivity contribution in [1.29, 1.82) is 0 Å². The van der Waals surface area contributed by atoms with E-state index in [1.807, 2.05) is 0 Å². The summed E-state index contributed by atoms with van der Waals surface area (Å²) >= 11 is 0. The van der Waals surface area contributed by atoms with Gasteiger partial charge in [0.15, 0.2) is 0 Å². The second-order valence-electron chi connectivity index (χ2n) is 4.79. The molecule has 3 nitrogen and oxygen atoms in total. The third-order valence-electron chi connectivity index (χ3n) is 3.30. The lowest BCUT2D eigenvalue weighted by Crippen LogP contribution is -2.35. The van der Waals surface area contributed by atoms with Gasteiger partial charge in [0.05, 0.1) is 5.41 Å². The van der Waals surface area contributed by atoms with Crippen LogP contribution in [0.15, 0.2) is 42.7 Å². The first-order valence-electron chi connectivity index (χ1n) is 6.01. The molecule has 0 saturated carbocycles. The molecule has 0 amide bonds. The number of benzene rings is 1. The maximum atomic E-state index is 13.9. The van der Waals surface area contributed by atoms with Gasteiger partial charge in [0.1, 0.15) is 11.6 Å². The number of carboxylic acid groups (broad SMARTS) is 1. The summed E-state index contributed by atoms with van der Waals surface area (Å²) in [6.07, 6.45) is 3.17. The van der Waals surface area contributed by atoms with Crippen LogP contribution in [0.25, 0.3) is 0 Å². The molecule has 0 bridgehead atoms. The Morgan fingerprint density at radius 3 is 2.45 bits per heavy atom. The molecule has 0 fully saturated rings. The highest BCUT2D eigenvalue weighted by atomic mass is 19.1. The van der Waals surface area contributed by atoms with Gasteiger partial charge < -0.3 is 5.11 Å². The van der Waals surface area contributed by atoms with Crippen LogP contribution >= 0.6 is 0 Å². The predicted octanol–water partition coefficient (Wildman–Crippen LogP) is 2.94. The molecule has 2 rings (SSSR count). The van der Waals surface area contributed by atoms with E-state index in [1.54, 1.807) is 24.5 Å². The van der Waals surface area contributed by atoms with Crippen LogP contribution in [0.1, 0.15) is 18.1 Å². The average Bonchev–Trinajstić information content (AvgIpc) is 2.39. The van der Waals surface area contributed by atoms with Gasteiger partial charge in [-0.05, 0) is 37.1 Å². The number of nitrogens with zero attached hydrogens (tertiary/aromatic N) is 1. The molecule has 104 valence electrons. The van der Waals surface area contributed by atoms with Crippen LogP contribution in [0, 0.1) is 11.6 Å². The Hall–Kier alpha value is -2.30. The highest BCUT2D eigenvalue weighted by molar-refractivity contribution is 5.81. The first kappa shape index (κ1) is 14.1. The second-order valence-corrected chi connectivity index (χ2v) is 4.79. The van der Waals surface area contributed by atoms with Gasteiger partial charge in [-0.25, -0.2) is 8.78 Å². The summed E-state index contributed by atoms with van der Waals surface area (Å²) in [4.78, 5) is 15.4. The zero-order valence-electron chi connectivity index (χ0n) is 10.8. The van der Waals surface area contributed by atoms with Crippen LogP contribution < -0.4 is 0 Å². The lowest BCUT2D eigenvalue weighted by molar-refractivity contribution is -0.143. The van der Waals surface area contributed by atoms with E-state index in [2.05, 4.69) is 4.98 Å². The average molecular weight is 277 g/mol. The smallest absolute Gasteiger partial charge is 0.314 e. The van der Waals surface area contributed by atoms with E-state index < -0.39 is 23.0 Å². The lowest BCUT2D eigenvalue weighted by atomic mass is 9.77. The minimum atomic E-state index is -1.47. The van der Waals surface area contributed by atoms with Gasteiger partial charge in [-0.15, -0.1) is 0 Å². The maximum absolute atomic E-state index is 13.9. The molecule has 2 aromatic rings. The molecule has 0 saturated heterocycles. The van der Waals surface area contributed by atoms with Crippen molar-refractivity contribution in [3.8, 4) is 0 Å². The topological polar surface area (TPSA) is 50.2 Å². The summed E-state index contributed by atoms with van der Waals surface area (Å²) in [5.41, 5.74) is -0.795. The Labute approximate surface area is 114 Å². The van der Waals surface area contributed by atoms with Crippen molar-refractivity contribution < 1.29 is 18.7 Å². The summed E-state index contributed by atoms with van der Waals surface area (Å²) in [6.45, 7) is 1.42. The van der Waals surface area contributed by atoms with Crippen molar-refractivity contribution in [2.45, 2.75) is 18.8 Å². The van der Waals surface area contributed by atoms with Crippen molar-refractivity contribution in [3.05, 3.63) is 65.5 Å². The van der Waals surface area contributed by atoms with Crippen LogP contribution in [0.2, 0.25) is 0 Å². The van der Waals surface area contributed by atoms with Crippen molar-refractivity contribution in [1.82, 2.24) is 4.98 Å². The van der Waals surface area contributed by atoms with Crippen LogP contribution in [0.4, 0.5) is 8.78 Å². The summed E-state index contributed by atoms with van der Waals surface area (Å²) in [5.74, 6) is -2.76. The second kappa shape index (κ2) is 5.36. The minimum Gasteiger partial charge on any atom is -0.481 e. The van der Waals surface area contributed by atoms with Gasteiger partial charge in [-0.2, -0.15) is 0 Å². The van der Waals surface area contributed by atoms with Crippen LogP contribution in [-0.2, 0) is 16.6 Å². The molecule has 5 heteroatoms. The quantitative estimate of drug-likeness (QED) is 0.934. The summed E-state index contributed by atoms with van der Waals surface area (Å²) in [7, 11) is 0. The van der Waals surface area contributed by atoms with Crippen molar-refractivity contribution in [2.75, 3.05) is 0 Å². The molecular formula is C15H13F2NO2. The third-order valence-corrected chi connectivity index (χ3v) is 3.30. The van der Waals surface area contributed by atoms with E-state index >= 15 is 0 Å². The van der Waals surface area contributed by atoms with Gasteiger partial charge in [0, 0.05) is 24.0 Å². The van der Waals surface area contributed by atoms with Crippen molar-refractivity contribution in [2.24, 2.45) is 0 Å². The molecule has 1 aromatic carbocycles. The number of hydrogen-bond acceptors (Lipinski definition) is 2. The Morgan fingerprint density at radius 2 is 1.90 bits per heavy atom. The van der Waals surface area contributed by atoms with Crippen LogP contribution in [0.3, 0.4) is 0 Å². The van der Waals surface area contributed by atoms with Gasteiger partial charge in [-0.3, -0.25) is 9.78 Å². The number of carbonyl (C=O) groups is 1. The molecular weight excluding hydrogens is 264 g/mol. The van der Waals surface area contributed by atoms with E-state index in [1.165, 1.54) is 13.0 Å². The van der Waals surface area contributed by atoms with E-state index in [0.717, 1.165) is 6.07 Å². The fraction of sp³-hybridized carbons (Fsp3) is 0.200. The number of halogens is 2. The first-order valence-corrected chi connectivity index (χ1v) is 6.01. The number of pyridine rings is 1. The summed E-state index contributed by atoms with van der Waals surface area (Å²) in [5, 5.41) is 9.46. The molecule has 1 heterocycles. The maximum Gasteiger partial charge on any atom is 0.314 e. The molecule has 0 radical (unpaired) electrons. The minimum absolute atomic E-state index is 0.0387. The molecule has 0 aliphatic heterocycles. The predicted molar refractivity (Wildman–Crippen MR) is 69.3 cm³/mol. The Balaban J connectivity index is 2.47. The van der Waals surface area contributed by atoms with Gasteiger partial charge >= 0.3 is 5.97 Å². The Bertz CT molecular complexity index is 631. The lowest BCUT2D eigenvalue weighted by Gasteiger charge is -2.26. The number of rotatable bonds is 4. The molecule has 0 aliphatic carbocycles. The summed E-state index contributed by atoms with van der Waals surface area (Å²) in [6, 6.07) is 6.28. The zero-order valence-corrected chi connectivity index (χ0v) is 10.8. The standard InChI is InChI=1S/C15H13F2NO2/c1-15(14(19)20,9-10-4-6-18-7-5-10)12-3-2-11(16)8-13(12)17/h2-8H,9H2,1H3,(H,19,20). The highest BCUT2D eigenvalue weighted by Gasteiger charge is 2.37. The molecule has 0 spiro atoms. The van der Waals surface area contributed by atoms with E-state index in [0.29, 0.717) is 11.6 Å². The van der Waals surface area contributed by atoms with Crippen molar-refractivity contribution >= 4 is 5.97 Å². The Kier molecular flexibility index (Phi) is 3.79. The molecule has 1 unspecified atom stereocenters. The highest BCUT2D eigenvalue weighted by Crippen LogP contribution is 2.31. The molecule has 1 atom stereocenters. The van der Waals surface area contributed by atoms with Crippen molar-refractivity contribution in [3.63, 3.8) is 0 Å². The van der Waals surface area contributed by atoms with Crippen LogP contribution in [0.5, 0.6) is 0 Å². The SMILES string of the molecule is CC(Cc1ccncc1)(C(=O)O)c1ccc(F)cc1F. The van der Waals surface area contributed by atoms with Gasteiger partial charge in [0.25, 0.3) is 0 Å². The number of hydrogen-bond donors (Lipinski definition) is 1. The van der Waals surface area contributed by atoms with Gasteiger partial charge in [0.2, 0.25) is 0 Å². The largest absolute Gasteiger partial charge is 0.481 e. The number of carboxylic acids is 1. The molecule has 0 aliphatic rings. The normalized spacial score (nSPS) is 13.8. The fourth-order valence-corrected chi connectivity index (χ4v) is 2.13. The van der Waals surface area contributed by atoms with Crippen LogP contribution in [-0.4, -0.2) is 16.1 Å². The number of aliphatic carboxylic acids is 1. The fourth-order valence-electron chi connectivity index (χ4n) is 2.13.